The highest BCUT2D eigenvalue weighted by Gasteiger charge is 2.25. The summed E-state index contributed by atoms with van der Waals surface area (Å²) in [7, 11) is 0. The Balaban J connectivity index is 2.07. The summed E-state index contributed by atoms with van der Waals surface area (Å²) in [4.78, 5) is 12.2. The molecule has 18 heavy (non-hydrogen) atoms. The zero-order valence-electron chi connectivity index (χ0n) is 11.1. The fourth-order valence-electron chi connectivity index (χ4n) is 2.59. The summed E-state index contributed by atoms with van der Waals surface area (Å²) in [6.45, 7) is 3.96. The maximum absolute atomic E-state index is 12.2. The van der Waals surface area contributed by atoms with Crippen LogP contribution in [-0.2, 0) is 0 Å². The van der Waals surface area contributed by atoms with Crippen LogP contribution in [0.2, 0.25) is 0 Å². The van der Waals surface area contributed by atoms with Gasteiger partial charge in [0.15, 0.2) is 0 Å². The second-order valence-corrected chi connectivity index (χ2v) is 5.25. The monoisotopic (exact) mass is 247 g/mol. The third-order valence-electron chi connectivity index (χ3n) is 3.67. The molecule has 3 nitrogen and oxygen atoms in total. The van der Waals surface area contributed by atoms with Crippen LogP contribution < -0.4 is 5.32 Å². The number of amides is 1. The van der Waals surface area contributed by atoms with E-state index in [-0.39, 0.29) is 11.9 Å². The van der Waals surface area contributed by atoms with E-state index in [0.29, 0.717) is 5.56 Å². The van der Waals surface area contributed by atoms with Gasteiger partial charge in [-0.1, -0.05) is 30.5 Å². The van der Waals surface area contributed by atoms with Crippen LogP contribution in [-0.4, -0.2) is 23.2 Å². The summed E-state index contributed by atoms with van der Waals surface area (Å²) in [5.41, 5.74) is 2.85. The molecule has 2 N–H and O–H groups in total. The molecule has 1 aromatic carbocycles. The molecule has 3 heteroatoms. The van der Waals surface area contributed by atoms with Gasteiger partial charge in [0.1, 0.15) is 0 Å². The number of carbonyl (C=O) groups is 1. The number of aliphatic hydroxyl groups excluding tert-OH is 1. The van der Waals surface area contributed by atoms with Crippen molar-refractivity contribution in [3.05, 3.63) is 34.9 Å². The van der Waals surface area contributed by atoms with Crippen molar-refractivity contribution in [2.75, 3.05) is 0 Å². The highest BCUT2D eigenvalue weighted by atomic mass is 16.3. The third-order valence-corrected chi connectivity index (χ3v) is 3.67. The molecule has 1 fully saturated rings. The van der Waals surface area contributed by atoms with Gasteiger partial charge in [-0.25, -0.2) is 0 Å². The molecular formula is C15H21NO2. The minimum Gasteiger partial charge on any atom is -0.391 e. The molecule has 1 aliphatic rings. The van der Waals surface area contributed by atoms with Crippen LogP contribution >= 0.6 is 0 Å². The smallest absolute Gasteiger partial charge is 0.251 e. The molecule has 1 amide bonds. The van der Waals surface area contributed by atoms with Crippen LogP contribution in [0.1, 0.15) is 47.2 Å². The Morgan fingerprint density at radius 2 is 2.00 bits per heavy atom. The first-order valence-electron chi connectivity index (χ1n) is 6.64. The molecule has 2 rings (SSSR count). The number of carbonyl (C=O) groups excluding carboxylic acids is 1. The van der Waals surface area contributed by atoms with E-state index in [4.69, 9.17) is 0 Å². The van der Waals surface area contributed by atoms with E-state index in [1.807, 2.05) is 32.0 Å². The van der Waals surface area contributed by atoms with Crippen molar-refractivity contribution in [2.24, 2.45) is 0 Å². The zero-order valence-corrected chi connectivity index (χ0v) is 11.1. The predicted octanol–water partition coefficient (Wildman–Crippen LogP) is 2.34. The summed E-state index contributed by atoms with van der Waals surface area (Å²) in [6.07, 6.45) is 3.40. The second-order valence-electron chi connectivity index (χ2n) is 5.25. The van der Waals surface area contributed by atoms with E-state index in [9.17, 15) is 9.90 Å². The lowest BCUT2D eigenvalue weighted by Crippen LogP contribution is -2.45. The Labute approximate surface area is 108 Å². The van der Waals surface area contributed by atoms with Gasteiger partial charge in [-0.2, -0.15) is 0 Å². The van der Waals surface area contributed by atoms with Gasteiger partial charge in [0.25, 0.3) is 5.91 Å². The number of aliphatic hydroxyl groups is 1. The third kappa shape index (κ3) is 2.91. The quantitative estimate of drug-likeness (QED) is 0.842. The fourth-order valence-corrected chi connectivity index (χ4v) is 2.59. The van der Waals surface area contributed by atoms with E-state index in [1.165, 1.54) is 0 Å². The van der Waals surface area contributed by atoms with Gasteiger partial charge in [0.2, 0.25) is 0 Å². The largest absolute Gasteiger partial charge is 0.391 e. The SMILES string of the molecule is Cc1ccc(C(=O)NC2CCCCC2O)c(C)c1. The molecule has 0 bridgehead atoms. The summed E-state index contributed by atoms with van der Waals surface area (Å²) >= 11 is 0. The van der Waals surface area contributed by atoms with Gasteiger partial charge in [-0.15, -0.1) is 0 Å². The van der Waals surface area contributed by atoms with Crippen molar-refractivity contribution >= 4 is 5.91 Å². The molecule has 1 aromatic rings. The number of nitrogens with one attached hydrogen (secondary N) is 1. The molecule has 1 aliphatic carbocycles. The Bertz CT molecular complexity index is 442. The zero-order chi connectivity index (χ0) is 13.1. The molecule has 0 saturated heterocycles. The lowest BCUT2D eigenvalue weighted by atomic mass is 9.92. The molecule has 0 spiro atoms. The van der Waals surface area contributed by atoms with Crippen LogP contribution in [0.4, 0.5) is 0 Å². The van der Waals surface area contributed by atoms with E-state index < -0.39 is 6.10 Å². The summed E-state index contributed by atoms with van der Waals surface area (Å²) in [6, 6.07) is 5.72. The molecule has 2 atom stereocenters. The van der Waals surface area contributed by atoms with Gasteiger partial charge in [0, 0.05) is 5.56 Å². The molecule has 0 aromatic heterocycles. The molecule has 2 unspecified atom stereocenters. The van der Waals surface area contributed by atoms with Crippen molar-refractivity contribution in [3.63, 3.8) is 0 Å². The van der Waals surface area contributed by atoms with Crippen molar-refractivity contribution in [1.82, 2.24) is 5.32 Å². The minimum atomic E-state index is -0.395. The highest BCUT2D eigenvalue weighted by molar-refractivity contribution is 5.95. The first kappa shape index (κ1) is 13.1. The number of hydrogen-bond donors (Lipinski definition) is 2. The average Bonchev–Trinajstić information content (AvgIpc) is 2.32. The Kier molecular flexibility index (Phi) is 4.02. The van der Waals surface area contributed by atoms with E-state index >= 15 is 0 Å². The van der Waals surface area contributed by atoms with Gasteiger partial charge < -0.3 is 10.4 Å². The van der Waals surface area contributed by atoms with Crippen molar-refractivity contribution in [2.45, 2.75) is 51.7 Å². The summed E-state index contributed by atoms with van der Waals surface area (Å²) < 4.78 is 0. The fraction of sp³-hybridized carbons (Fsp3) is 0.533. The van der Waals surface area contributed by atoms with Crippen molar-refractivity contribution in [1.29, 1.82) is 0 Å². The highest BCUT2D eigenvalue weighted by Crippen LogP contribution is 2.19. The molecule has 0 heterocycles. The number of hydrogen-bond acceptors (Lipinski definition) is 2. The molecule has 98 valence electrons. The Morgan fingerprint density at radius 3 is 2.67 bits per heavy atom. The Morgan fingerprint density at radius 1 is 1.28 bits per heavy atom. The van der Waals surface area contributed by atoms with Crippen molar-refractivity contribution < 1.29 is 9.90 Å². The van der Waals surface area contributed by atoms with Crippen LogP contribution in [0.25, 0.3) is 0 Å². The van der Waals surface area contributed by atoms with Crippen LogP contribution in [0, 0.1) is 13.8 Å². The molecule has 0 aliphatic heterocycles. The lowest BCUT2D eigenvalue weighted by molar-refractivity contribution is 0.0717. The van der Waals surface area contributed by atoms with Gasteiger partial charge in [-0.05, 0) is 38.3 Å². The van der Waals surface area contributed by atoms with Gasteiger partial charge in [-0.3, -0.25) is 4.79 Å². The van der Waals surface area contributed by atoms with Crippen LogP contribution in [0.5, 0.6) is 0 Å². The molecular weight excluding hydrogens is 226 g/mol. The Hall–Kier alpha value is -1.35. The number of aryl methyl sites for hydroxylation is 2. The van der Waals surface area contributed by atoms with Crippen LogP contribution in [0.3, 0.4) is 0 Å². The average molecular weight is 247 g/mol. The normalized spacial score (nSPS) is 23.7. The molecule has 1 saturated carbocycles. The number of benzene rings is 1. The van der Waals surface area contributed by atoms with E-state index in [2.05, 4.69) is 5.32 Å². The van der Waals surface area contributed by atoms with E-state index in [0.717, 1.165) is 36.8 Å². The topological polar surface area (TPSA) is 49.3 Å². The minimum absolute atomic E-state index is 0.0709. The first-order valence-corrected chi connectivity index (χ1v) is 6.64. The maximum Gasteiger partial charge on any atom is 0.251 e. The van der Waals surface area contributed by atoms with Gasteiger partial charge in [0.05, 0.1) is 12.1 Å². The standard InChI is InChI=1S/C15H21NO2/c1-10-7-8-12(11(2)9-10)15(18)16-13-5-3-4-6-14(13)17/h7-9,13-14,17H,3-6H2,1-2H3,(H,16,18). The molecule has 0 radical (unpaired) electrons. The second kappa shape index (κ2) is 5.53. The number of rotatable bonds is 2. The van der Waals surface area contributed by atoms with Crippen molar-refractivity contribution in [3.8, 4) is 0 Å². The van der Waals surface area contributed by atoms with E-state index in [1.54, 1.807) is 0 Å². The lowest BCUT2D eigenvalue weighted by Gasteiger charge is -2.28. The summed E-state index contributed by atoms with van der Waals surface area (Å²) in [5, 5.41) is 12.8. The first-order chi connectivity index (χ1) is 8.58. The maximum atomic E-state index is 12.2. The summed E-state index contributed by atoms with van der Waals surface area (Å²) in [5.74, 6) is -0.0709. The van der Waals surface area contributed by atoms with Gasteiger partial charge >= 0.3 is 0 Å². The van der Waals surface area contributed by atoms with Crippen LogP contribution in [0.15, 0.2) is 18.2 Å². The predicted molar refractivity (Wildman–Crippen MR) is 71.6 cm³/mol.